The number of halogens is 3. The fraction of sp³-hybridized carbons (Fsp3) is 0.593. The topological polar surface area (TPSA) is 157 Å². The number of carbonyl (C=O) groups excluding carboxylic acids is 3. The monoisotopic (exact) mass is 600 g/mol. The third kappa shape index (κ3) is 9.06. The molecule has 3 aliphatic heterocycles. The number of hydrogen-bond donors (Lipinski definition) is 3. The lowest BCUT2D eigenvalue weighted by Gasteiger charge is -2.36. The molecular weight excluding hydrogens is 565 g/mol. The molecule has 42 heavy (non-hydrogen) atoms. The van der Waals surface area contributed by atoms with Crippen LogP contribution < -0.4 is 15.0 Å². The second-order valence-electron chi connectivity index (χ2n) is 10.5. The summed E-state index contributed by atoms with van der Waals surface area (Å²) in [6, 6.07) is 4.57. The fourth-order valence-electron chi connectivity index (χ4n) is 5.43. The molecule has 0 spiro atoms. The van der Waals surface area contributed by atoms with E-state index in [1.54, 1.807) is 18.2 Å². The average Bonchev–Trinajstić information content (AvgIpc) is 2.93. The zero-order valence-electron chi connectivity index (χ0n) is 23.2. The van der Waals surface area contributed by atoms with Gasteiger partial charge in [-0.2, -0.15) is 13.2 Å². The zero-order valence-corrected chi connectivity index (χ0v) is 23.2. The van der Waals surface area contributed by atoms with Gasteiger partial charge in [0.05, 0.1) is 19.3 Å². The average molecular weight is 601 g/mol. The van der Waals surface area contributed by atoms with Crippen LogP contribution in [0, 0.1) is 11.8 Å². The first kappa shape index (κ1) is 32.6. The SMILES string of the molecule is COc1ccc(C(=O)N2CCC(CC3CCN(CC(=O)O)CC3)CC2)cc1N1CCC(=O)NC1=O.O=C(O)C(F)(F)F. The maximum Gasteiger partial charge on any atom is 0.490 e. The van der Waals surface area contributed by atoms with Crippen LogP contribution >= 0.6 is 0 Å². The number of alkyl halides is 3. The fourth-order valence-corrected chi connectivity index (χ4v) is 5.43. The highest BCUT2D eigenvalue weighted by molar-refractivity contribution is 6.07. The van der Waals surface area contributed by atoms with Crippen molar-refractivity contribution < 1.29 is 52.1 Å². The van der Waals surface area contributed by atoms with Crippen molar-refractivity contribution in [3.8, 4) is 5.75 Å². The van der Waals surface area contributed by atoms with Gasteiger partial charge in [-0.25, -0.2) is 9.59 Å². The largest absolute Gasteiger partial charge is 0.495 e. The van der Waals surface area contributed by atoms with Crippen LogP contribution in [0.4, 0.5) is 23.7 Å². The Hall–Kier alpha value is -3.88. The lowest BCUT2D eigenvalue weighted by Crippen LogP contribution is -2.49. The lowest BCUT2D eigenvalue weighted by atomic mass is 9.82. The van der Waals surface area contributed by atoms with Crippen LogP contribution in [0.15, 0.2) is 18.2 Å². The smallest absolute Gasteiger partial charge is 0.490 e. The molecule has 12 nitrogen and oxygen atoms in total. The second kappa shape index (κ2) is 14.3. The number of carbonyl (C=O) groups is 5. The Bertz CT molecular complexity index is 1160. The third-order valence-electron chi connectivity index (χ3n) is 7.65. The van der Waals surface area contributed by atoms with Crippen molar-refractivity contribution in [1.29, 1.82) is 0 Å². The number of carboxylic acid groups (broad SMARTS) is 2. The number of piperidine rings is 2. The van der Waals surface area contributed by atoms with Crippen molar-refractivity contribution in [2.75, 3.05) is 51.3 Å². The maximum absolute atomic E-state index is 13.2. The predicted molar refractivity (Wildman–Crippen MR) is 142 cm³/mol. The van der Waals surface area contributed by atoms with Gasteiger partial charge in [0.2, 0.25) is 5.91 Å². The molecule has 0 atom stereocenters. The number of nitrogens with zero attached hydrogens (tertiary/aromatic N) is 3. The lowest BCUT2D eigenvalue weighted by molar-refractivity contribution is -0.192. The molecule has 15 heteroatoms. The summed E-state index contributed by atoms with van der Waals surface area (Å²) in [6.07, 6.45) is 0.243. The number of rotatable bonds is 7. The number of benzene rings is 1. The minimum Gasteiger partial charge on any atom is -0.495 e. The summed E-state index contributed by atoms with van der Waals surface area (Å²) in [6.45, 7) is 3.44. The zero-order chi connectivity index (χ0) is 31.0. The van der Waals surface area contributed by atoms with Gasteiger partial charge in [-0.3, -0.25) is 29.5 Å². The number of urea groups is 1. The molecule has 1 aromatic carbocycles. The summed E-state index contributed by atoms with van der Waals surface area (Å²) in [7, 11) is 1.51. The number of anilines is 1. The van der Waals surface area contributed by atoms with Crippen molar-refractivity contribution in [2.24, 2.45) is 11.8 Å². The van der Waals surface area contributed by atoms with Crippen LogP contribution in [0.25, 0.3) is 0 Å². The Morgan fingerprint density at radius 3 is 2.05 bits per heavy atom. The number of likely N-dealkylation sites (tertiary alicyclic amines) is 2. The first-order valence-electron chi connectivity index (χ1n) is 13.6. The van der Waals surface area contributed by atoms with Gasteiger partial charge in [-0.05, 0) is 75.2 Å². The number of methoxy groups -OCH3 is 1. The normalized spacial score (nSPS) is 19.0. The molecule has 3 saturated heterocycles. The third-order valence-corrected chi connectivity index (χ3v) is 7.65. The molecule has 0 aliphatic carbocycles. The van der Waals surface area contributed by atoms with E-state index in [0.717, 1.165) is 45.2 Å². The molecule has 0 saturated carbocycles. The van der Waals surface area contributed by atoms with Crippen LogP contribution in [0.2, 0.25) is 0 Å². The summed E-state index contributed by atoms with van der Waals surface area (Å²) in [5.74, 6) is -2.23. The highest BCUT2D eigenvalue weighted by Crippen LogP contribution is 2.33. The van der Waals surface area contributed by atoms with Crippen molar-refractivity contribution >= 4 is 35.5 Å². The highest BCUT2D eigenvalue weighted by Gasteiger charge is 2.38. The predicted octanol–water partition coefficient (Wildman–Crippen LogP) is 2.81. The number of carboxylic acids is 2. The molecule has 0 radical (unpaired) electrons. The molecule has 3 heterocycles. The van der Waals surface area contributed by atoms with Crippen molar-refractivity contribution in [2.45, 2.75) is 44.7 Å². The second-order valence-corrected chi connectivity index (χ2v) is 10.5. The summed E-state index contributed by atoms with van der Waals surface area (Å²) in [4.78, 5) is 62.2. The molecule has 4 amide bonds. The van der Waals surface area contributed by atoms with E-state index in [-0.39, 0.29) is 31.3 Å². The van der Waals surface area contributed by atoms with Crippen LogP contribution in [0.5, 0.6) is 5.75 Å². The Kier molecular flexibility index (Phi) is 11.1. The summed E-state index contributed by atoms with van der Waals surface area (Å²) >= 11 is 0. The van der Waals surface area contributed by atoms with E-state index in [4.69, 9.17) is 19.7 Å². The maximum atomic E-state index is 13.2. The number of aliphatic carboxylic acids is 2. The summed E-state index contributed by atoms with van der Waals surface area (Å²) < 4.78 is 37.1. The van der Waals surface area contributed by atoms with E-state index < -0.39 is 24.1 Å². The number of imide groups is 1. The van der Waals surface area contributed by atoms with E-state index in [9.17, 15) is 32.3 Å². The van der Waals surface area contributed by atoms with E-state index in [2.05, 4.69) is 5.32 Å². The molecule has 0 aromatic heterocycles. The molecule has 3 N–H and O–H groups in total. The molecule has 0 bridgehead atoms. The Morgan fingerprint density at radius 2 is 1.55 bits per heavy atom. The molecule has 1 aromatic rings. The minimum absolute atomic E-state index is 0.0668. The molecule has 3 aliphatic rings. The summed E-state index contributed by atoms with van der Waals surface area (Å²) in [5.41, 5.74) is 0.974. The van der Waals surface area contributed by atoms with Gasteiger partial charge in [0, 0.05) is 31.6 Å². The quantitative estimate of drug-likeness (QED) is 0.428. The number of ether oxygens (including phenoxy) is 1. The van der Waals surface area contributed by atoms with Gasteiger partial charge in [-0.15, -0.1) is 0 Å². The van der Waals surface area contributed by atoms with Crippen molar-refractivity contribution in [3.05, 3.63) is 23.8 Å². The van der Waals surface area contributed by atoms with Gasteiger partial charge in [-0.1, -0.05) is 0 Å². The van der Waals surface area contributed by atoms with E-state index in [0.29, 0.717) is 41.9 Å². The van der Waals surface area contributed by atoms with E-state index in [1.165, 1.54) is 12.0 Å². The van der Waals surface area contributed by atoms with Crippen LogP contribution in [0.1, 0.15) is 48.9 Å². The first-order chi connectivity index (χ1) is 19.8. The van der Waals surface area contributed by atoms with Crippen LogP contribution in [-0.4, -0.2) is 102 Å². The Morgan fingerprint density at radius 1 is 0.976 bits per heavy atom. The van der Waals surface area contributed by atoms with Crippen molar-refractivity contribution in [3.63, 3.8) is 0 Å². The van der Waals surface area contributed by atoms with Crippen LogP contribution in [0.3, 0.4) is 0 Å². The van der Waals surface area contributed by atoms with Gasteiger partial charge >= 0.3 is 24.1 Å². The van der Waals surface area contributed by atoms with E-state index >= 15 is 0 Å². The van der Waals surface area contributed by atoms with Gasteiger partial charge in [0.25, 0.3) is 5.91 Å². The van der Waals surface area contributed by atoms with Gasteiger partial charge in [0.15, 0.2) is 0 Å². The highest BCUT2D eigenvalue weighted by atomic mass is 19.4. The van der Waals surface area contributed by atoms with Crippen LogP contribution in [-0.2, 0) is 14.4 Å². The number of nitrogens with one attached hydrogen (secondary N) is 1. The molecule has 232 valence electrons. The van der Waals surface area contributed by atoms with Gasteiger partial charge in [0.1, 0.15) is 5.75 Å². The number of amides is 4. The van der Waals surface area contributed by atoms with Gasteiger partial charge < -0.3 is 19.8 Å². The molecule has 3 fully saturated rings. The Labute approximate surface area is 240 Å². The summed E-state index contributed by atoms with van der Waals surface area (Å²) in [5, 5.41) is 18.4. The molecule has 4 rings (SSSR count). The number of hydrogen-bond acceptors (Lipinski definition) is 7. The standard InChI is InChI=1S/C25H34N4O6.C2HF3O2/c1-35-21-3-2-19(15-20(21)29-13-8-22(30)26-25(29)34)24(33)28-11-6-18(7-12-28)14-17-4-9-27(10-5-17)16-23(31)32;3-2(4,5)1(6)7/h2-3,15,17-18H,4-14,16H2,1H3,(H,31,32)(H,26,30,34);(H,6,7). The first-order valence-corrected chi connectivity index (χ1v) is 13.6. The molecule has 0 unspecified atom stereocenters. The van der Waals surface area contributed by atoms with Crippen molar-refractivity contribution in [1.82, 2.24) is 15.1 Å². The molecular formula is C27H35F3N4O8. The minimum atomic E-state index is -5.08. The van der Waals surface area contributed by atoms with E-state index in [1.807, 2.05) is 9.80 Å². The Balaban J connectivity index is 0.000000616.